The number of hydrogen-bond donors (Lipinski definition) is 0. The van der Waals surface area contributed by atoms with Crippen molar-refractivity contribution in [1.82, 2.24) is 4.90 Å². The largest absolute Gasteiger partial charge is 0.335 e. The third-order valence-corrected chi connectivity index (χ3v) is 6.28. The monoisotopic (exact) mass is 343 g/mol. The molecule has 0 N–H and O–H groups in total. The summed E-state index contributed by atoms with van der Waals surface area (Å²) in [5.74, 6) is 0.134. The minimum Gasteiger partial charge on any atom is -0.335 e. The Bertz CT molecular complexity index is 844. The van der Waals surface area contributed by atoms with Gasteiger partial charge in [-0.25, -0.2) is 8.42 Å². The summed E-state index contributed by atoms with van der Waals surface area (Å²) >= 11 is 0. The van der Waals surface area contributed by atoms with Gasteiger partial charge < -0.3 is 4.90 Å². The normalized spacial score (nSPS) is 15.5. The van der Waals surface area contributed by atoms with Crippen molar-refractivity contribution in [2.24, 2.45) is 0 Å². The molecule has 2 aromatic carbocycles. The minimum absolute atomic E-state index is 0.0628. The number of benzene rings is 2. The molecule has 3 rings (SSSR count). The Balaban J connectivity index is 1.86. The predicted octanol–water partition coefficient (Wildman–Crippen LogP) is 3.07. The molecule has 0 radical (unpaired) electrons. The molecule has 0 atom stereocenters. The first-order chi connectivity index (χ1) is 11.5. The molecule has 0 saturated heterocycles. The van der Waals surface area contributed by atoms with Crippen LogP contribution in [0.1, 0.15) is 34.8 Å². The number of sulfone groups is 1. The van der Waals surface area contributed by atoms with E-state index >= 15 is 0 Å². The van der Waals surface area contributed by atoms with Crippen molar-refractivity contribution in [3.8, 4) is 0 Å². The zero-order valence-electron chi connectivity index (χ0n) is 13.7. The average molecular weight is 343 g/mol. The standard InChI is InChI=1S/C19H21NO3S/c1-2-20(14-15-7-4-3-5-8-15)19(21)17-10-11-18-16(13-17)9-6-12-24(18,22)23/h3-5,7-8,10-11,13H,2,6,9,12,14H2,1H3. The first-order valence-electron chi connectivity index (χ1n) is 8.20. The third kappa shape index (κ3) is 3.36. The van der Waals surface area contributed by atoms with Gasteiger partial charge in [0.05, 0.1) is 10.6 Å². The van der Waals surface area contributed by atoms with Gasteiger partial charge in [-0.15, -0.1) is 0 Å². The highest BCUT2D eigenvalue weighted by Crippen LogP contribution is 2.26. The Morgan fingerprint density at radius 1 is 1.12 bits per heavy atom. The average Bonchev–Trinajstić information content (AvgIpc) is 2.59. The van der Waals surface area contributed by atoms with Gasteiger partial charge in [-0.3, -0.25) is 4.79 Å². The fraction of sp³-hybridized carbons (Fsp3) is 0.316. The van der Waals surface area contributed by atoms with Crippen LogP contribution in [0.15, 0.2) is 53.4 Å². The number of amides is 1. The van der Waals surface area contributed by atoms with Crippen LogP contribution in [0.4, 0.5) is 0 Å². The van der Waals surface area contributed by atoms with E-state index in [1.54, 1.807) is 23.1 Å². The molecule has 0 bridgehead atoms. The molecule has 0 fully saturated rings. The highest BCUT2D eigenvalue weighted by Gasteiger charge is 2.25. The molecule has 0 aromatic heterocycles. The zero-order chi connectivity index (χ0) is 17.2. The number of aryl methyl sites for hydroxylation is 1. The number of hydrogen-bond acceptors (Lipinski definition) is 3. The number of rotatable bonds is 4. The van der Waals surface area contributed by atoms with Crippen LogP contribution in [0, 0.1) is 0 Å². The number of carbonyl (C=O) groups excluding carboxylic acids is 1. The zero-order valence-corrected chi connectivity index (χ0v) is 14.6. The lowest BCUT2D eigenvalue weighted by Gasteiger charge is -2.22. The molecule has 1 aliphatic heterocycles. The maximum atomic E-state index is 12.8. The lowest BCUT2D eigenvalue weighted by atomic mass is 10.0. The van der Waals surface area contributed by atoms with E-state index in [9.17, 15) is 13.2 Å². The molecule has 0 spiro atoms. The fourth-order valence-electron chi connectivity index (χ4n) is 3.09. The van der Waals surface area contributed by atoms with Crippen LogP contribution in [-0.4, -0.2) is 31.5 Å². The molecular weight excluding hydrogens is 322 g/mol. The summed E-state index contributed by atoms with van der Waals surface area (Å²) in [6, 6.07) is 14.8. The fourth-order valence-corrected chi connectivity index (χ4v) is 4.67. The lowest BCUT2D eigenvalue weighted by Crippen LogP contribution is -2.30. The second-order valence-corrected chi connectivity index (χ2v) is 8.13. The first-order valence-corrected chi connectivity index (χ1v) is 9.85. The molecule has 2 aromatic rings. The van der Waals surface area contributed by atoms with Crippen molar-refractivity contribution in [2.75, 3.05) is 12.3 Å². The van der Waals surface area contributed by atoms with Crippen molar-refractivity contribution < 1.29 is 13.2 Å². The summed E-state index contributed by atoms with van der Waals surface area (Å²) in [5.41, 5.74) is 2.40. The topological polar surface area (TPSA) is 54.5 Å². The summed E-state index contributed by atoms with van der Waals surface area (Å²) in [5, 5.41) is 0. The first kappa shape index (κ1) is 16.7. The van der Waals surface area contributed by atoms with Gasteiger partial charge in [0.15, 0.2) is 9.84 Å². The van der Waals surface area contributed by atoms with Crippen LogP contribution in [0.2, 0.25) is 0 Å². The molecular formula is C19H21NO3S. The van der Waals surface area contributed by atoms with Gasteiger partial charge in [0, 0.05) is 18.7 Å². The number of fused-ring (bicyclic) bond motifs is 1. The van der Waals surface area contributed by atoms with Crippen LogP contribution in [-0.2, 0) is 22.8 Å². The Hall–Kier alpha value is -2.14. The predicted molar refractivity (Wildman–Crippen MR) is 93.7 cm³/mol. The Morgan fingerprint density at radius 2 is 1.88 bits per heavy atom. The maximum absolute atomic E-state index is 12.8. The van der Waals surface area contributed by atoms with Crippen LogP contribution >= 0.6 is 0 Å². The molecule has 4 nitrogen and oxygen atoms in total. The van der Waals surface area contributed by atoms with Gasteiger partial charge in [0.1, 0.15) is 0 Å². The van der Waals surface area contributed by atoms with E-state index < -0.39 is 9.84 Å². The Kier molecular flexibility index (Phi) is 4.71. The van der Waals surface area contributed by atoms with E-state index in [1.165, 1.54) is 0 Å². The molecule has 1 aliphatic rings. The number of carbonyl (C=O) groups is 1. The Labute approximate surface area is 143 Å². The van der Waals surface area contributed by atoms with Gasteiger partial charge in [0.2, 0.25) is 0 Å². The van der Waals surface area contributed by atoms with Crippen molar-refractivity contribution in [3.63, 3.8) is 0 Å². The second kappa shape index (κ2) is 6.77. The van der Waals surface area contributed by atoms with E-state index in [1.807, 2.05) is 37.3 Å². The number of nitrogens with zero attached hydrogens (tertiary/aromatic N) is 1. The molecule has 1 amide bonds. The van der Waals surface area contributed by atoms with Crippen LogP contribution in [0.3, 0.4) is 0 Å². The van der Waals surface area contributed by atoms with Crippen molar-refractivity contribution in [3.05, 3.63) is 65.2 Å². The van der Waals surface area contributed by atoms with Gasteiger partial charge >= 0.3 is 0 Å². The van der Waals surface area contributed by atoms with Crippen LogP contribution in [0.5, 0.6) is 0 Å². The van der Waals surface area contributed by atoms with Crippen molar-refractivity contribution in [1.29, 1.82) is 0 Å². The highest BCUT2D eigenvalue weighted by atomic mass is 32.2. The van der Waals surface area contributed by atoms with E-state index in [2.05, 4.69) is 0 Å². The Morgan fingerprint density at radius 3 is 2.58 bits per heavy atom. The van der Waals surface area contributed by atoms with Crippen LogP contribution in [0.25, 0.3) is 0 Å². The molecule has 0 aliphatic carbocycles. The van der Waals surface area contributed by atoms with Gasteiger partial charge in [-0.1, -0.05) is 30.3 Å². The molecule has 0 saturated carbocycles. The molecule has 1 heterocycles. The molecule has 5 heteroatoms. The summed E-state index contributed by atoms with van der Waals surface area (Å²) in [6.45, 7) is 3.10. The lowest BCUT2D eigenvalue weighted by molar-refractivity contribution is 0.0752. The van der Waals surface area contributed by atoms with Gasteiger partial charge in [0.25, 0.3) is 5.91 Å². The van der Waals surface area contributed by atoms with E-state index in [4.69, 9.17) is 0 Å². The molecule has 0 unspecified atom stereocenters. The van der Waals surface area contributed by atoms with E-state index in [-0.39, 0.29) is 11.7 Å². The van der Waals surface area contributed by atoms with E-state index in [0.29, 0.717) is 36.4 Å². The highest BCUT2D eigenvalue weighted by molar-refractivity contribution is 7.91. The van der Waals surface area contributed by atoms with Gasteiger partial charge in [-0.05, 0) is 49.1 Å². The quantitative estimate of drug-likeness (QED) is 0.857. The second-order valence-electron chi connectivity index (χ2n) is 6.05. The summed E-state index contributed by atoms with van der Waals surface area (Å²) in [7, 11) is -3.18. The van der Waals surface area contributed by atoms with Crippen molar-refractivity contribution in [2.45, 2.75) is 31.2 Å². The summed E-state index contributed by atoms with van der Waals surface area (Å²) in [4.78, 5) is 15.0. The van der Waals surface area contributed by atoms with Crippen molar-refractivity contribution >= 4 is 15.7 Å². The smallest absolute Gasteiger partial charge is 0.254 e. The molecule has 126 valence electrons. The van der Waals surface area contributed by atoms with E-state index in [0.717, 1.165) is 11.1 Å². The summed E-state index contributed by atoms with van der Waals surface area (Å²) in [6.07, 6.45) is 1.33. The maximum Gasteiger partial charge on any atom is 0.254 e. The van der Waals surface area contributed by atoms with Gasteiger partial charge in [-0.2, -0.15) is 0 Å². The minimum atomic E-state index is -3.18. The SMILES string of the molecule is CCN(Cc1ccccc1)C(=O)c1ccc2c(c1)CCCS2(=O)=O. The third-order valence-electron chi connectivity index (χ3n) is 4.39. The van der Waals surface area contributed by atoms with Crippen LogP contribution < -0.4 is 0 Å². The molecule has 24 heavy (non-hydrogen) atoms. The summed E-state index contributed by atoms with van der Waals surface area (Å²) < 4.78 is 24.2.